The van der Waals surface area contributed by atoms with Gasteiger partial charge in [0.25, 0.3) is 0 Å². The van der Waals surface area contributed by atoms with Crippen molar-refractivity contribution in [1.82, 2.24) is 8.94 Å². The van der Waals surface area contributed by atoms with Crippen LogP contribution in [0, 0.1) is 0 Å². The van der Waals surface area contributed by atoms with Gasteiger partial charge in [0, 0.05) is 5.69 Å². The number of carbonyl (C=O) groups excluding carboxylic acids is 1. The van der Waals surface area contributed by atoms with E-state index in [1.165, 1.54) is 3.96 Å². The smallest absolute Gasteiger partial charge is 0.308 e. The van der Waals surface area contributed by atoms with Crippen LogP contribution in [0.2, 0.25) is 0 Å². The minimum atomic E-state index is -0.444. The number of aromatic nitrogens is 2. The zero-order chi connectivity index (χ0) is 15.4. The van der Waals surface area contributed by atoms with Crippen molar-refractivity contribution in [3.05, 3.63) is 71.1 Å². The molecular weight excluding hydrogens is 300 g/mol. The number of para-hydroxylation sites is 2. The molecule has 0 fully saturated rings. The number of nitrogens with one attached hydrogen (secondary N) is 2. The molecule has 1 aromatic heterocycles. The van der Waals surface area contributed by atoms with Gasteiger partial charge in [-0.3, -0.25) is 5.32 Å². The molecule has 0 bridgehead atoms. The van der Waals surface area contributed by atoms with Crippen LogP contribution in [-0.2, 0) is 0 Å². The molecule has 3 rings (SSSR count). The van der Waals surface area contributed by atoms with Crippen LogP contribution in [0.5, 0.6) is 0 Å². The van der Waals surface area contributed by atoms with Gasteiger partial charge in [-0.25, -0.2) is 13.5 Å². The van der Waals surface area contributed by atoms with E-state index in [0.29, 0.717) is 11.4 Å². The minimum absolute atomic E-state index is 0.238. The first kappa shape index (κ1) is 14.0. The molecule has 0 spiro atoms. The number of urea groups is 1. The maximum Gasteiger partial charge on any atom is 0.364 e. The van der Waals surface area contributed by atoms with E-state index in [1.807, 2.05) is 36.4 Å². The highest BCUT2D eigenvalue weighted by atomic mass is 32.1. The van der Waals surface area contributed by atoms with Crippen molar-refractivity contribution < 1.29 is 4.79 Å². The molecular formula is C15H12N4O2S. The number of rotatable bonds is 3. The number of nitrogens with zero attached hydrogens (tertiary/aromatic N) is 2. The molecule has 0 aliphatic carbocycles. The molecule has 0 saturated carbocycles. The fourth-order valence-corrected chi connectivity index (χ4v) is 2.61. The third-order valence-corrected chi connectivity index (χ3v) is 3.71. The molecule has 22 heavy (non-hydrogen) atoms. The summed E-state index contributed by atoms with van der Waals surface area (Å²) < 4.78 is 1.41. The summed E-state index contributed by atoms with van der Waals surface area (Å²) in [5.74, 6) is 0. The number of anilines is 2. The monoisotopic (exact) mass is 312 g/mol. The van der Waals surface area contributed by atoms with Gasteiger partial charge in [0.2, 0.25) is 5.13 Å². The molecule has 0 aliphatic rings. The van der Waals surface area contributed by atoms with Crippen LogP contribution < -0.4 is 16.3 Å². The predicted octanol–water partition coefficient (Wildman–Crippen LogP) is 2.94. The molecule has 2 N–H and O–H groups in total. The van der Waals surface area contributed by atoms with Gasteiger partial charge in [-0.05, 0) is 35.8 Å². The van der Waals surface area contributed by atoms with E-state index >= 15 is 0 Å². The van der Waals surface area contributed by atoms with Crippen LogP contribution >= 0.6 is 11.5 Å². The first-order chi connectivity index (χ1) is 10.7. The summed E-state index contributed by atoms with van der Waals surface area (Å²) >= 11 is 1.07. The number of benzene rings is 2. The maximum absolute atomic E-state index is 11.9. The summed E-state index contributed by atoms with van der Waals surface area (Å²) in [6.45, 7) is 0. The summed E-state index contributed by atoms with van der Waals surface area (Å²) in [6.07, 6.45) is 0. The quantitative estimate of drug-likeness (QED) is 0.780. The van der Waals surface area contributed by atoms with E-state index in [-0.39, 0.29) is 5.13 Å². The zero-order valence-corrected chi connectivity index (χ0v) is 12.2. The normalized spacial score (nSPS) is 10.2. The van der Waals surface area contributed by atoms with Crippen LogP contribution in [0.4, 0.5) is 15.6 Å². The van der Waals surface area contributed by atoms with Crippen LogP contribution in [0.1, 0.15) is 0 Å². The van der Waals surface area contributed by atoms with E-state index in [0.717, 1.165) is 11.5 Å². The predicted molar refractivity (Wildman–Crippen MR) is 86.8 cm³/mol. The lowest BCUT2D eigenvalue weighted by atomic mass is 10.3. The zero-order valence-electron chi connectivity index (χ0n) is 11.4. The molecule has 2 aromatic carbocycles. The van der Waals surface area contributed by atoms with Crippen LogP contribution in [0.15, 0.2) is 65.5 Å². The van der Waals surface area contributed by atoms with E-state index < -0.39 is 11.7 Å². The van der Waals surface area contributed by atoms with Gasteiger partial charge >= 0.3 is 11.7 Å². The summed E-state index contributed by atoms with van der Waals surface area (Å²) in [5.41, 5.74) is 0.947. The Bertz CT molecular complexity index is 828. The number of hydrogen-bond acceptors (Lipinski definition) is 4. The molecule has 0 unspecified atom stereocenters. The van der Waals surface area contributed by atoms with E-state index in [1.54, 1.807) is 24.3 Å². The van der Waals surface area contributed by atoms with Crippen molar-refractivity contribution in [2.75, 3.05) is 10.6 Å². The second-order valence-electron chi connectivity index (χ2n) is 4.37. The Labute approximate surface area is 130 Å². The first-order valence-corrected chi connectivity index (χ1v) is 7.28. The number of hydrogen-bond donors (Lipinski definition) is 2. The second-order valence-corrected chi connectivity index (χ2v) is 5.30. The lowest BCUT2D eigenvalue weighted by Gasteiger charge is -2.04. The van der Waals surface area contributed by atoms with Crippen molar-refractivity contribution in [2.45, 2.75) is 0 Å². The van der Waals surface area contributed by atoms with Gasteiger partial charge in [0.05, 0.1) is 5.69 Å². The minimum Gasteiger partial charge on any atom is -0.308 e. The largest absolute Gasteiger partial charge is 0.364 e. The summed E-state index contributed by atoms with van der Waals surface area (Å²) in [6, 6.07) is 17.7. The van der Waals surface area contributed by atoms with E-state index in [9.17, 15) is 9.59 Å². The van der Waals surface area contributed by atoms with Gasteiger partial charge in [-0.15, -0.1) is 0 Å². The second kappa shape index (κ2) is 6.23. The maximum atomic E-state index is 11.9. The Morgan fingerprint density at radius 3 is 2.27 bits per heavy atom. The Balaban J connectivity index is 1.74. The highest BCUT2D eigenvalue weighted by Crippen LogP contribution is 2.15. The molecule has 0 saturated heterocycles. The number of carbonyl (C=O) groups is 1. The molecule has 3 aromatic rings. The van der Waals surface area contributed by atoms with Gasteiger partial charge in [0.15, 0.2) is 0 Å². The SMILES string of the molecule is O=C(Nc1ccccc1)Nc1nc(=O)n(-c2ccccc2)s1. The third kappa shape index (κ3) is 3.21. The first-order valence-electron chi connectivity index (χ1n) is 6.51. The van der Waals surface area contributed by atoms with Crippen molar-refractivity contribution in [3.63, 3.8) is 0 Å². The molecule has 6 nitrogen and oxygen atoms in total. The fraction of sp³-hybridized carbons (Fsp3) is 0. The van der Waals surface area contributed by atoms with Crippen LogP contribution in [0.3, 0.4) is 0 Å². The van der Waals surface area contributed by atoms with Crippen molar-refractivity contribution in [1.29, 1.82) is 0 Å². The van der Waals surface area contributed by atoms with Crippen molar-refractivity contribution in [2.24, 2.45) is 0 Å². The average molecular weight is 312 g/mol. The molecule has 110 valence electrons. The standard InChI is InChI=1S/C15H12N4O2S/c20-13(16-11-7-3-1-4-8-11)17-14-18-15(21)19(22-14)12-9-5-2-6-10-12/h1-10H,(H2,16,17,18,20,21). The summed E-state index contributed by atoms with van der Waals surface area (Å²) in [4.78, 5) is 27.6. The van der Waals surface area contributed by atoms with E-state index in [2.05, 4.69) is 15.6 Å². The molecule has 1 heterocycles. The lowest BCUT2D eigenvalue weighted by molar-refractivity contribution is 0.262. The van der Waals surface area contributed by atoms with Gasteiger partial charge in [-0.2, -0.15) is 4.98 Å². The Hall–Kier alpha value is -2.93. The van der Waals surface area contributed by atoms with E-state index in [4.69, 9.17) is 0 Å². The van der Waals surface area contributed by atoms with Gasteiger partial charge in [-0.1, -0.05) is 36.4 Å². The highest BCUT2D eigenvalue weighted by Gasteiger charge is 2.10. The third-order valence-electron chi connectivity index (χ3n) is 2.79. The van der Waals surface area contributed by atoms with Crippen molar-refractivity contribution in [3.8, 4) is 5.69 Å². The molecule has 2 amide bonds. The van der Waals surface area contributed by atoms with Crippen LogP contribution in [0.25, 0.3) is 5.69 Å². The summed E-state index contributed by atoms with van der Waals surface area (Å²) in [5, 5.41) is 5.46. The van der Waals surface area contributed by atoms with Gasteiger partial charge in [0.1, 0.15) is 0 Å². The summed E-state index contributed by atoms with van der Waals surface area (Å²) in [7, 11) is 0. The Morgan fingerprint density at radius 2 is 1.59 bits per heavy atom. The van der Waals surface area contributed by atoms with Crippen LogP contribution in [-0.4, -0.2) is 15.0 Å². The molecule has 0 radical (unpaired) electrons. The fourth-order valence-electron chi connectivity index (χ4n) is 1.84. The molecule has 0 atom stereocenters. The molecule has 0 aliphatic heterocycles. The topological polar surface area (TPSA) is 76.0 Å². The lowest BCUT2D eigenvalue weighted by Crippen LogP contribution is -2.20. The number of amides is 2. The van der Waals surface area contributed by atoms with Crippen molar-refractivity contribution >= 4 is 28.4 Å². The molecule has 7 heteroatoms. The highest BCUT2D eigenvalue weighted by molar-refractivity contribution is 7.10. The van der Waals surface area contributed by atoms with Gasteiger partial charge < -0.3 is 5.32 Å². The average Bonchev–Trinajstić information content (AvgIpc) is 2.89. The Morgan fingerprint density at radius 1 is 0.955 bits per heavy atom. The Kier molecular flexibility index (Phi) is 3.97.